The van der Waals surface area contributed by atoms with Gasteiger partial charge in [-0.3, -0.25) is 4.79 Å². The number of aromatic nitrogens is 1. The first-order chi connectivity index (χ1) is 15.1. The van der Waals surface area contributed by atoms with Crippen LogP contribution in [0.25, 0.3) is 0 Å². The van der Waals surface area contributed by atoms with Crippen molar-refractivity contribution >= 4 is 17.5 Å². The molecule has 6 heteroatoms. The summed E-state index contributed by atoms with van der Waals surface area (Å²) in [4.78, 5) is 14.8. The summed E-state index contributed by atoms with van der Waals surface area (Å²) in [5, 5.41) is 0.639. The van der Waals surface area contributed by atoms with Crippen LogP contribution in [-0.4, -0.2) is 35.6 Å². The molecule has 1 aromatic heterocycles. The van der Waals surface area contributed by atoms with Gasteiger partial charge in [-0.2, -0.15) is 0 Å². The summed E-state index contributed by atoms with van der Waals surface area (Å²) in [6.07, 6.45) is 4.01. The summed E-state index contributed by atoms with van der Waals surface area (Å²) in [7, 11) is 1.67. The minimum atomic E-state index is -0.0301. The molecule has 164 valence electrons. The van der Waals surface area contributed by atoms with E-state index in [1.807, 2.05) is 35.4 Å². The quantitative estimate of drug-likeness (QED) is 0.400. The van der Waals surface area contributed by atoms with Crippen molar-refractivity contribution in [2.75, 3.05) is 20.3 Å². The van der Waals surface area contributed by atoms with Gasteiger partial charge >= 0.3 is 0 Å². The van der Waals surface area contributed by atoms with E-state index in [1.54, 1.807) is 31.4 Å². The highest BCUT2D eigenvalue weighted by Gasteiger charge is 2.16. The molecular formula is C25H29ClN2O3. The maximum absolute atomic E-state index is 12.9. The summed E-state index contributed by atoms with van der Waals surface area (Å²) in [6.45, 7) is 4.08. The van der Waals surface area contributed by atoms with Crippen LogP contribution in [0.15, 0.2) is 66.9 Å². The fourth-order valence-electron chi connectivity index (χ4n) is 3.32. The Labute approximate surface area is 189 Å². The molecule has 0 unspecified atom stereocenters. The second kappa shape index (κ2) is 11.5. The molecular weight excluding hydrogens is 412 g/mol. The number of methoxy groups -OCH3 is 1. The lowest BCUT2D eigenvalue weighted by molar-refractivity contribution is -0.134. The summed E-state index contributed by atoms with van der Waals surface area (Å²) in [6, 6.07) is 19.2. The zero-order chi connectivity index (χ0) is 22.1. The molecule has 3 rings (SSSR count). The second-order valence-corrected chi connectivity index (χ2v) is 7.83. The molecule has 5 nitrogen and oxygen atoms in total. The number of benzene rings is 2. The van der Waals surface area contributed by atoms with Crippen LogP contribution in [0.4, 0.5) is 0 Å². The van der Waals surface area contributed by atoms with Crippen molar-refractivity contribution in [2.45, 2.75) is 32.9 Å². The van der Waals surface area contributed by atoms with Crippen LogP contribution in [-0.2, 0) is 17.9 Å². The summed E-state index contributed by atoms with van der Waals surface area (Å²) in [5.41, 5.74) is 2.23. The number of ether oxygens (including phenoxy) is 2. The molecule has 0 bridgehead atoms. The Balaban J connectivity index is 1.66. The van der Waals surface area contributed by atoms with E-state index in [0.717, 1.165) is 36.4 Å². The molecule has 0 atom stereocenters. The molecule has 0 saturated carbocycles. The molecule has 0 saturated heterocycles. The monoisotopic (exact) mass is 440 g/mol. The highest BCUT2D eigenvalue weighted by Crippen LogP contribution is 2.18. The van der Waals surface area contributed by atoms with E-state index in [-0.39, 0.29) is 12.5 Å². The number of nitrogens with zero attached hydrogens (tertiary/aromatic N) is 2. The minimum absolute atomic E-state index is 0.00192. The average Bonchev–Trinajstić information content (AvgIpc) is 3.22. The summed E-state index contributed by atoms with van der Waals surface area (Å²) < 4.78 is 13.2. The third-order valence-corrected chi connectivity index (χ3v) is 5.33. The lowest BCUT2D eigenvalue weighted by atomic mass is 10.2. The van der Waals surface area contributed by atoms with Crippen molar-refractivity contribution in [3.05, 3.63) is 83.1 Å². The Morgan fingerprint density at radius 1 is 1.06 bits per heavy atom. The number of carbonyl (C=O) groups excluding carboxylic acids is 1. The number of unbranched alkanes of at least 4 members (excludes halogenated alkanes) is 1. The van der Waals surface area contributed by atoms with Gasteiger partial charge in [0.25, 0.3) is 5.91 Å². The van der Waals surface area contributed by atoms with E-state index in [0.29, 0.717) is 23.9 Å². The first-order valence-corrected chi connectivity index (χ1v) is 10.9. The second-order valence-electron chi connectivity index (χ2n) is 7.39. The average molecular weight is 441 g/mol. The third kappa shape index (κ3) is 6.79. The van der Waals surface area contributed by atoms with Crippen molar-refractivity contribution in [1.29, 1.82) is 0 Å². The molecule has 1 amide bonds. The largest absolute Gasteiger partial charge is 0.497 e. The van der Waals surface area contributed by atoms with Crippen LogP contribution in [0.3, 0.4) is 0 Å². The topological polar surface area (TPSA) is 43.7 Å². The fraction of sp³-hybridized carbons (Fsp3) is 0.320. The van der Waals surface area contributed by atoms with E-state index in [9.17, 15) is 4.79 Å². The first kappa shape index (κ1) is 22.8. The van der Waals surface area contributed by atoms with E-state index in [4.69, 9.17) is 21.1 Å². The third-order valence-electron chi connectivity index (χ3n) is 5.07. The van der Waals surface area contributed by atoms with Crippen LogP contribution >= 0.6 is 11.6 Å². The Morgan fingerprint density at radius 2 is 1.87 bits per heavy atom. The van der Waals surface area contributed by atoms with Crippen molar-refractivity contribution in [3.8, 4) is 11.5 Å². The Morgan fingerprint density at radius 3 is 2.61 bits per heavy atom. The molecule has 0 spiro atoms. The molecule has 31 heavy (non-hydrogen) atoms. The Hall–Kier alpha value is -2.92. The number of hydrogen-bond donors (Lipinski definition) is 0. The maximum Gasteiger partial charge on any atom is 0.260 e. The summed E-state index contributed by atoms with van der Waals surface area (Å²) >= 11 is 5.91. The van der Waals surface area contributed by atoms with Gasteiger partial charge in [-0.05, 0) is 60.5 Å². The molecule has 0 aliphatic carbocycles. The van der Waals surface area contributed by atoms with E-state index >= 15 is 0 Å². The van der Waals surface area contributed by atoms with Crippen LogP contribution in [0.2, 0.25) is 5.02 Å². The van der Waals surface area contributed by atoms with Crippen molar-refractivity contribution in [2.24, 2.45) is 0 Å². The van der Waals surface area contributed by atoms with E-state index in [1.165, 1.54) is 0 Å². The highest BCUT2D eigenvalue weighted by atomic mass is 35.5. The van der Waals surface area contributed by atoms with Gasteiger partial charge in [0.05, 0.1) is 13.7 Å². The minimum Gasteiger partial charge on any atom is -0.497 e. The zero-order valence-corrected chi connectivity index (χ0v) is 18.8. The predicted molar refractivity (Wildman–Crippen MR) is 124 cm³/mol. The van der Waals surface area contributed by atoms with Gasteiger partial charge in [0.1, 0.15) is 11.5 Å². The molecule has 0 aliphatic heterocycles. The molecule has 0 aliphatic rings. The first-order valence-electron chi connectivity index (χ1n) is 10.5. The number of halogens is 1. The van der Waals surface area contributed by atoms with Crippen LogP contribution in [0.5, 0.6) is 11.5 Å². The fourth-order valence-corrected chi connectivity index (χ4v) is 3.44. The Bertz CT molecular complexity index is 969. The van der Waals surface area contributed by atoms with Gasteiger partial charge in [0.2, 0.25) is 0 Å². The van der Waals surface area contributed by atoms with E-state index in [2.05, 4.69) is 23.6 Å². The van der Waals surface area contributed by atoms with Gasteiger partial charge in [0, 0.05) is 30.0 Å². The lowest BCUT2D eigenvalue weighted by Gasteiger charge is -2.24. The van der Waals surface area contributed by atoms with Gasteiger partial charge in [-0.15, -0.1) is 0 Å². The van der Waals surface area contributed by atoms with Gasteiger partial charge in [-0.1, -0.05) is 37.1 Å². The van der Waals surface area contributed by atoms with Crippen molar-refractivity contribution in [3.63, 3.8) is 0 Å². The van der Waals surface area contributed by atoms with Crippen molar-refractivity contribution < 1.29 is 14.3 Å². The number of carbonyl (C=O) groups is 1. The summed E-state index contributed by atoms with van der Waals surface area (Å²) in [5.74, 6) is 1.44. The molecule has 0 fully saturated rings. The molecule has 0 N–H and O–H groups in total. The number of hydrogen-bond acceptors (Lipinski definition) is 3. The molecule has 0 radical (unpaired) electrons. The van der Waals surface area contributed by atoms with Gasteiger partial charge in [-0.25, -0.2) is 0 Å². The zero-order valence-electron chi connectivity index (χ0n) is 18.1. The normalized spacial score (nSPS) is 10.7. The maximum atomic E-state index is 12.9. The molecule has 1 heterocycles. The molecule has 2 aromatic carbocycles. The van der Waals surface area contributed by atoms with Crippen LogP contribution in [0.1, 0.15) is 31.0 Å². The lowest BCUT2D eigenvalue weighted by Crippen LogP contribution is -2.36. The SMILES string of the molecule is CCCCN(Cc1cccn1Cc1cccc(OC)c1)C(=O)COc1ccc(Cl)cc1. The van der Waals surface area contributed by atoms with Crippen LogP contribution < -0.4 is 9.47 Å². The van der Waals surface area contributed by atoms with Gasteiger partial charge < -0.3 is 18.9 Å². The van der Waals surface area contributed by atoms with Gasteiger partial charge in [0.15, 0.2) is 6.61 Å². The smallest absolute Gasteiger partial charge is 0.260 e. The Kier molecular flexibility index (Phi) is 8.42. The van der Waals surface area contributed by atoms with E-state index < -0.39 is 0 Å². The van der Waals surface area contributed by atoms with Crippen molar-refractivity contribution in [1.82, 2.24) is 9.47 Å². The number of amides is 1. The highest BCUT2D eigenvalue weighted by molar-refractivity contribution is 6.30. The number of rotatable bonds is 11. The predicted octanol–water partition coefficient (Wildman–Crippen LogP) is 5.41. The standard InChI is InChI=1S/C25H29ClN2O3/c1-3-4-14-28(25(29)19-31-23-12-10-21(26)11-13-23)18-22-8-6-15-27(22)17-20-7-5-9-24(16-20)30-2/h5-13,15-16H,3-4,14,17-19H2,1-2H3. The molecule has 3 aromatic rings. The van der Waals surface area contributed by atoms with Crippen LogP contribution in [0, 0.1) is 0 Å².